The number of benzene rings is 1. The van der Waals surface area contributed by atoms with Crippen LogP contribution in [-0.4, -0.2) is 82.2 Å². The van der Waals surface area contributed by atoms with Gasteiger partial charge < -0.3 is 15.1 Å². The summed E-state index contributed by atoms with van der Waals surface area (Å²) in [5.41, 5.74) is 5.30. The third-order valence-corrected chi connectivity index (χ3v) is 7.06. The molecule has 1 aliphatic heterocycles. The molecule has 4 heterocycles. The van der Waals surface area contributed by atoms with E-state index in [0.717, 1.165) is 61.9 Å². The van der Waals surface area contributed by atoms with Crippen LogP contribution in [0.25, 0.3) is 5.65 Å². The summed E-state index contributed by atoms with van der Waals surface area (Å²) in [4.78, 5) is 28.5. The molecule has 10 heteroatoms. The van der Waals surface area contributed by atoms with Crippen molar-refractivity contribution >= 4 is 29.0 Å². The molecule has 0 unspecified atom stereocenters. The second kappa shape index (κ2) is 12.2. The highest BCUT2D eigenvalue weighted by molar-refractivity contribution is 5.99. The molecule has 0 atom stereocenters. The molecule has 10 nitrogen and oxygen atoms in total. The van der Waals surface area contributed by atoms with E-state index in [2.05, 4.69) is 67.3 Å². The van der Waals surface area contributed by atoms with Crippen LogP contribution in [0.5, 0.6) is 0 Å². The number of amides is 2. The van der Waals surface area contributed by atoms with Crippen LogP contribution in [0.4, 0.5) is 22.1 Å². The third kappa shape index (κ3) is 6.57. The summed E-state index contributed by atoms with van der Waals surface area (Å²) in [5.74, 6) is 7.51. The summed E-state index contributed by atoms with van der Waals surface area (Å²) in [7, 11) is 3.88. The number of piperazine rings is 1. The van der Waals surface area contributed by atoms with Gasteiger partial charge in [0.15, 0.2) is 5.65 Å². The Balaban J connectivity index is 1.20. The number of aromatic nitrogens is 4. The fourth-order valence-corrected chi connectivity index (χ4v) is 4.65. The number of hydrogen-bond acceptors (Lipinski definition) is 7. The van der Waals surface area contributed by atoms with Crippen LogP contribution in [0, 0.1) is 18.8 Å². The minimum Gasteiger partial charge on any atom is -0.363 e. The van der Waals surface area contributed by atoms with E-state index in [1.165, 1.54) is 5.56 Å². The highest BCUT2D eigenvalue weighted by atomic mass is 16.2. The molecule has 3 aromatic heterocycles. The van der Waals surface area contributed by atoms with Gasteiger partial charge in [-0.25, -0.2) is 19.3 Å². The fourth-order valence-electron chi connectivity index (χ4n) is 4.65. The fraction of sp³-hybridized carbons (Fsp3) is 0.333. The van der Waals surface area contributed by atoms with Crippen molar-refractivity contribution in [2.24, 2.45) is 0 Å². The zero-order valence-corrected chi connectivity index (χ0v) is 23.5. The highest BCUT2D eigenvalue weighted by Gasteiger charge is 2.16. The molecule has 2 amide bonds. The summed E-state index contributed by atoms with van der Waals surface area (Å²) in [6.07, 6.45) is 5.18. The number of nitrogens with one attached hydrogen (secondary N) is 2. The third-order valence-electron chi connectivity index (χ3n) is 7.06. The van der Waals surface area contributed by atoms with E-state index < -0.39 is 0 Å². The monoisotopic (exact) mass is 537 g/mol. The van der Waals surface area contributed by atoms with Gasteiger partial charge in [0.05, 0.1) is 11.8 Å². The molecule has 0 radical (unpaired) electrons. The van der Waals surface area contributed by atoms with Crippen LogP contribution in [0.2, 0.25) is 0 Å². The molecular weight excluding hydrogens is 502 g/mol. The molecule has 0 spiro atoms. The van der Waals surface area contributed by atoms with E-state index in [4.69, 9.17) is 0 Å². The zero-order chi connectivity index (χ0) is 28.1. The lowest BCUT2D eigenvalue weighted by Gasteiger charge is -2.34. The lowest BCUT2D eigenvalue weighted by Crippen LogP contribution is -2.45. The van der Waals surface area contributed by atoms with Crippen LogP contribution in [0.1, 0.15) is 29.2 Å². The maximum Gasteiger partial charge on any atom is 0.324 e. The molecule has 4 aromatic rings. The topological polar surface area (TPSA) is 93.9 Å². The minimum atomic E-state index is -0.358. The van der Waals surface area contributed by atoms with Crippen molar-refractivity contribution in [3.63, 3.8) is 0 Å². The van der Waals surface area contributed by atoms with Crippen molar-refractivity contribution < 1.29 is 4.79 Å². The number of urea groups is 1. The Morgan fingerprint density at radius 1 is 1.02 bits per heavy atom. The second-order valence-corrected chi connectivity index (χ2v) is 10.1. The summed E-state index contributed by atoms with van der Waals surface area (Å²) < 4.78 is 1.70. The van der Waals surface area contributed by atoms with Crippen molar-refractivity contribution in [3.05, 3.63) is 77.2 Å². The number of aryl methyl sites for hydroxylation is 1. The second-order valence-electron chi connectivity index (χ2n) is 10.1. The number of rotatable bonds is 6. The largest absolute Gasteiger partial charge is 0.363 e. The maximum atomic E-state index is 12.7. The van der Waals surface area contributed by atoms with Crippen LogP contribution in [0.3, 0.4) is 0 Å². The number of fused-ring (bicyclic) bond motifs is 1. The van der Waals surface area contributed by atoms with Gasteiger partial charge in [0.1, 0.15) is 11.6 Å². The van der Waals surface area contributed by atoms with Gasteiger partial charge in [-0.2, -0.15) is 5.10 Å². The summed E-state index contributed by atoms with van der Waals surface area (Å²) in [6, 6.07) is 11.1. The lowest BCUT2D eigenvalue weighted by molar-refractivity contribution is 0.132. The number of pyridine rings is 1. The number of likely N-dealkylation sites (N-methyl/N-ethyl adjacent to an activating group) is 1. The van der Waals surface area contributed by atoms with Crippen LogP contribution < -0.4 is 15.5 Å². The van der Waals surface area contributed by atoms with E-state index in [1.54, 1.807) is 29.0 Å². The summed E-state index contributed by atoms with van der Waals surface area (Å²) >= 11 is 0. The van der Waals surface area contributed by atoms with E-state index in [-0.39, 0.29) is 6.03 Å². The molecular formula is C30H35N9O. The van der Waals surface area contributed by atoms with Crippen LogP contribution in [-0.2, 0) is 6.54 Å². The van der Waals surface area contributed by atoms with Gasteiger partial charge >= 0.3 is 6.03 Å². The Morgan fingerprint density at radius 3 is 2.58 bits per heavy atom. The van der Waals surface area contributed by atoms with E-state index in [0.29, 0.717) is 17.0 Å². The molecule has 1 fully saturated rings. The summed E-state index contributed by atoms with van der Waals surface area (Å²) in [6.45, 7) is 10.7. The van der Waals surface area contributed by atoms with Crippen molar-refractivity contribution in [2.45, 2.75) is 20.4 Å². The van der Waals surface area contributed by atoms with Gasteiger partial charge in [-0.15, -0.1) is 0 Å². The minimum absolute atomic E-state index is 0.358. The number of hydrogen-bond donors (Lipinski definition) is 2. The Kier molecular flexibility index (Phi) is 8.24. The van der Waals surface area contributed by atoms with Gasteiger partial charge in [-0.3, -0.25) is 10.2 Å². The molecule has 1 aliphatic rings. The normalized spacial score (nSPS) is 14.0. The Bertz CT molecular complexity index is 1560. The van der Waals surface area contributed by atoms with Crippen molar-refractivity contribution in [2.75, 3.05) is 62.4 Å². The average Bonchev–Trinajstić information content (AvgIpc) is 3.36. The van der Waals surface area contributed by atoms with Crippen molar-refractivity contribution in [1.29, 1.82) is 0 Å². The number of carbonyl (C=O) groups is 1. The van der Waals surface area contributed by atoms with Gasteiger partial charge in [-0.1, -0.05) is 24.8 Å². The van der Waals surface area contributed by atoms with Crippen LogP contribution >= 0.6 is 0 Å². The van der Waals surface area contributed by atoms with Gasteiger partial charge in [0, 0.05) is 70.5 Å². The Hall–Kier alpha value is -4.46. The van der Waals surface area contributed by atoms with E-state index in [1.807, 2.05) is 43.4 Å². The van der Waals surface area contributed by atoms with E-state index >= 15 is 0 Å². The summed E-state index contributed by atoms with van der Waals surface area (Å²) in [5, 5.41) is 10.0. The first-order valence-electron chi connectivity index (χ1n) is 13.5. The SMILES string of the molecule is CCN1CCN(Cc2ccc(NC(=O)Nc3cc(C#Cc4cnn5ccc(N(C)C)nc45)ccn3)cc2C)CC1. The molecule has 0 saturated carbocycles. The highest BCUT2D eigenvalue weighted by Crippen LogP contribution is 2.19. The molecule has 206 valence electrons. The molecule has 0 bridgehead atoms. The Labute approximate surface area is 235 Å². The molecule has 1 aromatic carbocycles. The van der Waals surface area contributed by atoms with Crippen molar-refractivity contribution in [3.8, 4) is 11.8 Å². The average molecular weight is 538 g/mol. The molecule has 40 heavy (non-hydrogen) atoms. The predicted molar refractivity (Wildman–Crippen MR) is 159 cm³/mol. The molecule has 0 aliphatic carbocycles. The maximum absolute atomic E-state index is 12.7. The smallest absolute Gasteiger partial charge is 0.324 e. The van der Waals surface area contributed by atoms with Crippen molar-refractivity contribution in [1.82, 2.24) is 29.4 Å². The van der Waals surface area contributed by atoms with Gasteiger partial charge in [0.25, 0.3) is 0 Å². The number of nitrogens with zero attached hydrogens (tertiary/aromatic N) is 7. The van der Waals surface area contributed by atoms with Gasteiger partial charge in [0.2, 0.25) is 0 Å². The first-order chi connectivity index (χ1) is 19.4. The Morgan fingerprint density at radius 2 is 1.82 bits per heavy atom. The standard InChI is InChI=1S/C30H35N9O/c1-5-37-14-16-38(17-15-37)21-25-8-9-26(18-22(25)2)33-30(40)34-27-19-23(10-12-31-27)6-7-24-20-32-39-13-11-28(36(3)4)35-29(24)39/h8-13,18-20H,5,14-17,21H2,1-4H3,(H2,31,33,34,40). The molecule has 2 N–H and O–H groups in total. The zero-order valence-electron chi connectivity index (χ0n) is 23.5. The quantitative estimate of drug-likeness (QED) is 0.363. The molecule has 5 rings (SSSR count). The first kappa shape index (κ1) is 27.1. The first-order valence-corrected chi connectivity index (χ1v) is 13.5. The number of carbonyl (C=O) groups excluding carboxylic acids is 1. The predicted octanol–water partition coefficient (Wildman–Crippen LogP) is 3.68. The van der Waals surface area contributed by atoms with Crippen LogP contribution in [0.15, 0.2) is 55.0 Å². The molecule has 1 saturated heterocycles. The van der Waals surface area contributed by atoms with Gasteiger partial charge in [-0.05, 0) is 54.9 Å². The van der Waals surface area contributed by atoms with E-state index in [9.17, 15) is 4.79 Å². The number of anilines is 3. The lowest BCUT2D eigenvalue weighted by atomic mass is 10.1.